The summed E-state index contributed by atoms with van der Waals surface area (Å²) in [7, 11) is -3.93. The van der Waals surface area contributed by atoms with Gasteiger partial charge in [0.05, 0.1) is 16.8 Å². The highest BCUT2D eigenvalue weighted by Crippen LogP contribution is 2.27. The van der Waals surface area contributed by atoms with E-state index < -0.39 is 21.5 Å². The molecule has 0 atom stereocenters. The summed E-state index contributed by atoms with van der Waals surface area (Å²) in [6.07, 6.45) is 0. The molecule has 1 amide bonds. The molecule has 0 aliphatic rings. The Bertz CT molecular complexity index is 587. The Balaban J connectivity index is 3.01. The number of nitrogens with two attached hydrogens (primary N) is 1. The summed E-state index contributed by atoms with van der Waals surface area (Å²) in [6, 6.07) is 5.93. The van der Waals surface area contributed by atoms with Crippen molar-refractivity contribution >= 4 is 33.0 Å². The fraction of sp³-hybridized carbons (Fsp3) is 0.200. The van der Waals surface area contributed by atoms with E-state index in [4.69, 9.17) is 22.6 Å². The summed E-state index contributed by atoms with van der Waals surface area (Å²) in [5.74, 6) is -1.58. The molecule has 0 unspecified atom stereocenters. The Morgan fingerprint density at radius 1 is 1.50 bits per heavy atom. The monoisotopic (exact) mass is 287 g/mol. The summed E-state index contributed by atoms with van der Waals surface area (Å²) in [5, 5.41) is 10.4. The van der Waals surface area contributed by atoms with Crippen molar-refractivity contribution < 1.29 is 13.2 Å². The molecule has 0 spiro atoms. The zero-order valence-corrected chi connectivity index (χ0v) is 10.8. The Kier molecular flexibility index (Phi) is 4.53. The first-order valence-electron chi connectivity index (χ1n) is 4.79. The summed E-state index contributed by atoms with van der Waals surface area (Å²) in [6.45, 7) is -0.258. The quantitative estimate of drug-likeness (QED) is 0.612. The van der Waals surface area contributed by atoms with Crippen LogP contribution in [-0.4, -0.2) is 26.6 Å². The maximum atomic E-state index is 11.9. The van der Waals surface area contributed by atoms with Crippen LogP contribution in [0.2, 0.25) is 5.02 Å². The van der Waals surface area contributed by atoms with E-state index in [-0.39, 0.29) is 22.2 Å². The summed E-state index contributed by atoms with van der Waals surface area (Å²) >= 11 is 5.76. The largest absolute Gasteiger partial charge is 0.398 e. The third-order valence-electron chi connectivity index (χ3n) is 1.99. The van der Waals surface area contributed by atoms with Gasteiger partial charge in [-0.2, -0.15) is 5.26 Å². The van der Waals surface area contributed by atoms with E-state index in [1.807, 2.05) is 0 Å². The standard InChI is InChI=1S/C10H10ClN3O3S/c11-7-2-1-3-8(13)10(7)18(16,17)6-9(15)14-5-4-12/h1-3H,5-6,13H2,(H,14,15). The molecule has 0 aliphatic carbocycles. The number of nitrogens with one attached hydrogen (secondary N) is 1. The zero-order valence-electron chi connectivity index (χ0n) is 9.18. The predicted molar refractivity (Wildman–Crippen MR) is 66.5 cm³/mol. The first kappa shape index (κ1) is 14.3. The van der Waals surface area contributed by atoms with E-state index >= 15 is 0 Å². The average molecular weight is 288 g/mol. The molecule has 96 valence electrons. The normalized spacial score (nSPS) is 10.7. The highest BCUT2D eigenvalue weighted by Gasteiger charge is 2.24. The zero-order chi connectivity index (χ0) is 13.8. The van der Waals surface area contributed by atoms with Crippen molar-refractivity contribution in [2.75, 3.05) is 18.0 Å². The van der Waals surface area contributed by atoms with Crippen molar-refractivity contribution in [2.45, 2.75) is 4.90 Å². The third-order valence-corrected chi connectivity index (χ3v) is 4.14. The van der Waals surface area contributed by atoms with Crippen molar-refractivity contribution in [1.82, 2.24) is 5.32 Å². The van der Waals surface area contributed by atoms with Crippen LogP contribution in [0.5, 0.6) is 0 Å². The molecule has 0 aromatic heterocycles. The highest BCUT2D eigenvalue weighted by molar-refractivity contribution is 7.92. The van der Waals surface area contributed by atoms with Crippen molar-refractivity contribution in [2.24, 2.45) is 0 Å². The van der Waals surface area contributed by atoms with E-state index in [2.05, 4.69) is 5.32 Å². The second-order valence-corrected chi connectivity index (χ2v) is 5.69. The molecule has 1 rings (SSSR count). The fourth-order valence-electron chi connectivity index (χ4n) is 1.29. The number of rotatable bonds is 4. The highest BCUT2D eigenvalue weighted by atomic mass is 35.5. The van der Waals surface area contributed by atoms with Crippen LogP contribution in [0.3, 0.4) is 0 Å². The Morgan fingerprint density at radius 3 is 2.72 bits per heavy atom. The number of sulfone groups is 1. The van der Waals surface area contributed by atoms with E-state index in [1.54, 1.807) is 6.07 Å². The van der Waals surface area contributed by atoms with Crippen molar-refractivity contribution in [3.63, 3.8) is 0 Å². The number of carbonyl (C=O) groups excluding carboxylic acids is 1. The molecule has 0 saturated heterocycles. The lowest BCUT2D eigenvalue weighted by atomic mass is 10.3. The summed E-state index contributed by atoms with van der Waals surface area (Å²) < 4.78 is 23.9. The van der Waals surface area contributed by atoms with Gasteiger partial charge in [-0.25, -0.2) is 8.42 Å². The van der Waals surface area contributed by atoms with Gasteiger partial charge in [-0.15, -0.1) is 0 Å². The van der Waals surface area contributed by atoms with E-state index in [1.165, 1.54) is 18.2 Å². The number of nitrogens with zero attached hydrogens (tertiary/aromatic N) is 1. The van der Waals surface area contributed by atoms with Gasteiger partial charge in [0.15, 0.2) is 9.84 Å². The lowest BCUT2D eigenvalue weighted by Gasteiger charge is -2.08. The van der Waals surface area contributed by atoms with Gasteiger partial charge in [-0.3, -0.25) is 4.79 Å². The third kappa shape index (κ3) is 3.35. The number of benzene rings is 1. The molecule has 6 nitrogen and oxygen atoms in total. The number of hydrogen-bond donors (Lipinski definition) is 2. The number of halogens is 1. The molecule has 0 fully saturated rings. The van der Waals surface area contributed by atoms with Gasteiger partial charge in [-0.05, 0) is 12.1 Å². The second-order valence-electron chi connectivity index (χ2n) is 3.35. The van der Waals surface area contributed by atoms with E-state index in [0.717, 1.165) is 0 Å². The molecule has 0 saturated carbocycles. The second kappa shape index (κ2) is 5.71. The molecule has 1 aromatic carbocycles. The molecule has 3 N–H and O–H groups in total. The Labute approximate surface area is 109 Å². The van der Waals surface area contributed by atoms with Crippen LogP contribution in [0.4, 0.5) is 5.69 Å². The minimum Gasteiger partial charge on any atom is -0.398 e. The lowest BCUT2D eigenvalue weighted by Crippen LogP contribution is -2.30. The van der Waals surface area contributed by atoms with Gasteiger partial charge < -0.3 is 11.1 Å². The van der Waals surface area contributed by atoms with Gasteiger partial charge in [-0.1, -0.05) is 17.7 Å². The van der Waals surface area contributed by atoms with Gasteiger partial charge in [0.2, 0.25) is 5.91 Å². The summed E-state index contributed by atoms with van der Waals surface area (Å²) in [5.41, 5.74) is 5.52. The predicted octanol–water partition coefficient (Wildman–Crippen LogP) is 0.336. The maximum Gasteiger partial charge on any atom is 0.236 e. The molecule has 0 heterocycles. The van der Waals surface area contributed by atoms with Gasteiger partial charge in [0.1, 0.15) is 17.2 Å². The smallest absolute Gasteiger partial charge is 0.236 e. The number of nitrogen functional groups attached to an aromatic ring is 1. The number of amides is 1. The van der Waals surface area contributed by atoms with E-state index in [9.17, 15) is 13.2 Å². The first-order valence-corrected chi connectivity index (χ1v) is 6.82. The minimum absolute atomic E-state index is 0.0180. The Hall–Kier alpha value is -1.78. The van der Waals surface area contributed by atoms with E-state index in [0.29, 0.717) is 0 Å². The van der Waals surface area contributed by atoms with Crippen LogP contribution in [-0.2, 0) is 14.6 Å². The molecular weight excluding hydrogens is 278 g/mol. The molecular formula is C10H10ClN3O3S. The first-order chi connectivity index (χ1) is 8.38. The molecule has 18 heavy (non-hydrogen) atoms. The number of anilines is 1. The molecule has 0 bridgehead atoms. The van der Waals surface area contributed by atoms with Crippen LogP contribution < -0.4 is 11.1 Å². The lowest BCUT2D eigenvalue weighted by molar-refractivity contribution is -0.118. The van der Waals surface area contributed by atoms with Gasteiger partial charge in [0, 0.05) is 0 Å². The molecule has 1 aromatic rings. The number of carbonyl (C=O) groups is 1. The number of hydrogen-bond acceptors (Lipinski definition) is 5. The maximum absolute atomic E-state index is 11.9. The Morgan fingerprint density at radius 2 is 2.17 bits per heavy atom. The SMILES string of the molecule is N#CCNC(=O)CS(=O)(=O)c1c(N)cccc1Cl. The minimum atomic E-state index is -3.93. The average Bonchev–Trinajstić information content (AvgIpc) is 2.25. The fourth-order valence-corrected chi connectivity index (χ4v) is 3.21. The van der Waals surface area contributed by atoms with Crippen molar-refractivity contribution in [3.05, 3.63) is 23.2 Å². The van der Waals surface area contributed by atoms with Crippen molar-refractivity contribution in [3.8, 4) is 6.07 Å². The van der Waals surface area contributed by atoms with Crippen molar-refractivity contribution in [1.29, 1.82) is 5.26 Å². The van der Waals surface area contributed by atoms with Crippen LogP contribution >= 0.6 is 11.6 Å². The van der Waals surface area contributed by atoms with Crippen LogP contribution in [0.1, 0.15) is 0 Å². The summed E-state index contributed by atoms with van der Waals surface area (Å²) in [4.78, 5) is 11.0. The molecule has 0 radical (unpaired) electrons. The van der Waals surface area contributed by atoms with Gasteiger partial charge in [0.25, 0.3) is 0 Å². The number of nitriles is 1. The van der Waals surface area contributed by atoms with Crippen LogP contribution in [0, 0.1) is 11.3 Å². The molecule has 0 aliphatic heterocycles. The molecule has 8 heteroatoms. The van der Waals surface area contributed by atoms with Crippen LogP contribution in [0.25, 0.3) is 0 Å². The topological polar surface area (TPSA) is 113 Å². The van der Waals surface area contributed by atoms with Crippen LogP contribution in [0.15, 0.2) is 23.1 Å². The van der Waals surface area contributed by atoms with Gasteiger partial charge >= 0.3 is 0 Å².